The minimum atomic E-state index is -0.000300. The van der Waals surface area contributed by atoms with Crippen molar-refractivity contribution in [1.29, 1.82) is 0 Å². The van der Waals surface area contributed by atoms with Crippen molar-refractivity contribution in [3.05, 3.63) is 41.5 Å². The molecule has 4 heteroatoms. The maximum absolute atomic E-state index is 9.96. The number of allylic oxidation sites excluding steroid dienone is 2. The molecule has 2 N–H and O–H groups in total. The molecule has 0 saturated carbocycles. The first-order chi connectivity index (χ1) is 11.6. The summed E-state index contributed by atoms with van der Waals surface area (Å²) < 4.78 is 5.40. The molecule has 0 radical (unpaired) electrons. The average molecular weight is 333 g/mol. The molecule has 1 fully saturated rings. The maximum atomic E-state index is 9.96. The Morgan fingerprint density at radius 1 is 1.25 bits per heavy atom. The molecule has 2 rings (SSSR count). The highest BCUT2D eigenvalue weighted by Gasteiger charge is 2.33. The lowest BCUT2D eigenvalue weighted by Gasteiger charge is -2.41. The molecule has 0 spiro atoms. The second-order valence-corrected chi connectivity index (χ2v) is 7.17. The van der Waals surface area contributed by atoms with E-state index >= 15 is 0 Å². The average Bonchev–Trinajstić information content (AvgIpc) is 2.60. The monoisotopic (exact) mass is 333 g/mol. The van der Waals surface area contributed by atoms with Crippen molar-refractivity contribution in [2.24, 2.45) is 5.41 Å². The zero-order chi connectivity index (χ0) is 17.4. The van der Waals surface area contributed by atoms with Gasteiger partial charge in [0.25, 0.3) is 0 Å². The fourth-order valence-corrected chi connectivity index (χ4v) is 3.34. The molecule has 1 unspecified atom stereocenters. The molecule has 0 aliphatic carbocycles. The van der Waals surface area contributed by atoms with Crippen LogP contribution in [0.1, 0.15) is 38.7 Å². The van der Waals surface area contributed by atoms with Crippen LogP contribution in [0.4, 0.5) is 0 Å². The van der Waals surface area contributed by atoms with Crippen LogP contribution >= 0.6 is 0 Å². The first-order valence-electron chi connectivity index (χ1n) is 8.86. The lowest BCUT2D eigenvalue weighted by Crippen LogP contribution is -2.44. The molecule has 24 heavy (non-hydrogen) atoms. The number of rotatable bonds is 8. The van der Waals surface area contributed by atoms with Gasteiger partial charge in [-0.05, 0) is 57.4 Å². The van der Waals surface area contributed by atoms with Crippen LogP contribution in [0.2, 0.25) is 0 Å². The normalized spacial score (nSPS) is 21.5. The Morgan fingerprint density at radius 2 is 2.00 bits per heavy atom. The quantitative estimate of drug-likeness (QED) is 0.718. The van der Waals surface area contributed by atoms with E-state index < -0.39 is 0 Å². The Kier molecular flexibility index (Phi) is 7.28. The van der Waals surface area contributed by atoms with E-state index in [-0.39, 0.29) is 18.6 Å². The van der Waals surface area contributed by atoms with Gasteiger partial charge in [-0.3, -0.25) is 4.90 Å². The Balaban J connectivity index is 1.95. The summed E-state index contributed by atoms with van der Waals surface area (Å²) in [5, 5.41) is 18.8. The fraction of sp³-hybridized carbons (Fsp3) is 0.600. The molecule has 1 aromatic carbocycles. The first kappa shape index (κ1) is 19.0. The van der Waals surface area contributed by atoms with Gasteiger partial charge in [-0.25, -0.2) is 0 Å². The summed E-state index contributed by atoms with van der Waals surface area (Å²) in [6.07, 6.45) is 5.44. The molecule has 0 bridgehead atoms. The van der Waals surface area contributed by atoms with Crippen LogP contribution in [0, 0.1) is 5.41 Å². The largest absolute Gasteiger partial charge is 0.491 e. The number of hydrogen-bond acceptors (Lipinski definition) is 4. The fourth-order valence-electron chi connectivity index (χ4n) is 3.34. The molecule has 1 heterocycles. The lowest BCUT2D eigenvalue weighted by molar-refractivity contribution is 0.0307. The van der Waals surface area contributed by atoms with Crippen molar-refractivity contribution >= 4 is 0 Å². The van der Waals surface area contributed by atoms with E-state index in [0.29, 0.717) is 6.61 Å². The van der Waals surface area contributed by atoms with Gasteiger partial charge in [0.15, 0.2) is 0 Å². The van der Waals surface area contributed by atoms with Gasteiger partial charge in [-0.1, -0.05) is 23.8 Å². The van der Waals surface area contributed by atoms with Gasteiger partial charge in [0, 0.05) is 18.5 Å². The van der Waals surface area contributed by atoms with E-state index in [4.69, 9.17) is 9.84 Å². The van der Waals surface area contributed by atoms with Crippen molar-refractivity contribution < 1.29 is 14.9 Å². The summed E-state index contributed by atoms with van der Waals surface area (Å²) in [6, 6.07) is 8.07. The summed E-state index contributed by atoms with van der Waals surface area (Å²) in [5.41, 5.74) is 2.57. The standard InChI is InChI=1S/C20H31NO3/c1-17(2)8-10-20(16-23)9-3-11-21(15-20)14-18-4-6-19(7-5-18)24-13-12-22/h4-8,22-23H,3,9-16H2,1-2H3. The summed E-state index contributed by atoms with van der Waals surface area (Å²) in [6.45, 7) is 7.77. The minimum Gasteiger partial charge on any atom is -0.491 e. The van der Waals surface area contributed by atoms with E-state index in [1.54, 1.807) is 0 Å². The summed E-state index contributed by atoms with van der Waals surface area (Å²) >= 11 is 0. The number of piperidine rings is 1. The van der Waals surface area contributed by atoms with E-state index in [9.17, 15) is 5.11 Å². The Hall–Kier alpha value is -1.36. The number of hydrogen-bond donors (Lipinski definition) is 2. The van der Waals surface area contributed by atoms with Crippen molar-refractivity contribution in [1.82, 2.24) is 4.90 Å². The van der Waals surface area contributed by atoms with Crippen molar-refractivity contribution in [2.75, 3.05) is 32.9 Å². The van der Waals surface area contributed by atoms with E-state index in [0.717, 1.165) is 44.6 Å². The Bertz CT molecular complexity index is 522. The first-order valence-corrected chi connectivity index (χ1v) is 8.86. The highest BCUT2D eigenvalue weighted by atomic mass is 16.5. The molecule has 1 aliphatic rings. The predicted molar refractivity (Wildman–Crippen MR) is 97.1 cm³/mol. The topological polar surface area (TPSA) is 52.9 Å². The number of benzene rings is 1. The zero-order valence-electron chi connectivity index (χ0n) is 15.0. The van der Waals surface area contributed by atoms with Crippen LogP contribution in [0.25, 0.3) is 0 Å². The maximum Gasteiger partial charge on any atom is 0.119 e. The van der Waals surface area contributed by atoms with Crippen LogP contribution < -0.4 is 4.74 Å². The Morgan fingerprint density at radius 3 is 2.62 bits per heavy atom. The zero-order valence-corrected chi connectivity index (χ0v) is 15.0. The van der Waals surface area contributed by atoms with Crippen molar-refractivity contribution in [2.45, 2.75) is 39.7 Å². The summed E-state index contributed by atoms with van der Waals surface area (Å²) in [4.78, 5) is 2.45. The number of ether oxygens (including phenoxy) is 1. The summed E-state index contributed by atoms with van der Waals surface area (Å²) in [5.74, 6) is 0.791. The number of likely N-dealkylation sites (tertiary alicyclic amines) is 1. The van der Waals surface area contributed by atoms with Crippen LogP contribution in [0.5, 0.6) is 5.75 Å². The highest BCUT2D eigenvalue weighted by Crippen LogP contribution is 2.34. The highest BCUT2D eigenvalue weighted by molar-refractivity contribution is 5.27. The second kappa shape index (κ2) is 9.21. The summed E-state index contributed by atoms with van der Waals surface area (Å²) in [7, 11) is 0. The van der Waals surface area contributed by atoms with E-state index in [2.05, 4.69) is 37.0 Å². The molecule has 4 nitrogen and oxygen atoms in total. The third-order valence-corrected chi connectivity index (χ3v) is 4.71. The molecular formula is C20H31NO3. The predicted octanol–water partition coefficient (Wildman–Crippen LogP) is 2.99. The van der Waals surface area contributed by atoms with Gasteiger partial charge in [-0.2, -0.15) is 0 Å². The van der Waals surface area contributed by atoms with E-state index in [1.807, 2.05) is 12.1 Å². The third-order valence-electron chi connectivity index (χ3n) is 4.71. The second-order valence-electron chi connectivity index (χ2n) is 7.17. The van der Waals surface area contributed by atoms with Gasteiger partial charge in [0.05, 0.1) is 13.2 Å². The molecule has 1 saturated heterocycles. The molecule has 1 aliphatic heterocycles. The van der Waals surface area contributed by atoms with Gasteiger partial charge in [0.1, 0.15) is 12.4 Å². The smallest absolute Gasteiger partial charge is 0.119 e. The molecule has 0 aromatic heterocycles. The Labute approximate surface area is 145 Å². The number of aliphatic hydroxyl groups excluding tert-OH is 2. The minimum absolute atomic E-state index is 0.000300. The lowest BCUT2D eigenvalue weighted by atomic mass is 9.77. The third kappa shape index (κ3) is 5.62. The molecule has 1 atom stereocenters. The molecule has 134 valence electrons. The van der Waals surface area contributed by atoms with E-state index in [1.165, 1.54) is 11.1 Å². The van der Waals surface area contributed by atoms with Crippen molar-refractivity contribution in [3.8, 4) is 5.75 Å². The van der Waals surface area contributed by atoms with Crippen LogP contribution in [0.15, 0.2) is 35.9 Å². The molecular weight excluding hydrogens is 302 g/mol. The van der Waals surface area contributed by atoms with Gasteiger partial charge in [0.2, 0.25) is 0 Å². The molecule has 0 amide bonds. The van der Waals surface area contributed by atoms with Gasteiger partial charge >= 0.3 is 0 Å². The van der Waals surface area contributed by atoms with Crippen LogP contribution in [0.3, 0.4) is 0 Å². The van der Waals surface area contributed by atoms with Crippen LogP contribution in [-0.2, 0) is 6.54 Å². The SMILES string of the molecule is CC(C)=CCC1(CO)CCCN(Cc2ccc(OCCO)cc2)C1. The molecule has 1 aromatic rings. The van der Waals surface area contributed by atoms with Crippen molar-refractivity contribution in [3.63, 3.8) is 0 Å². The van der Waals surface area contributed by atoms with Crippen LogP contribution in [-0.4, -0.2) is 48.0 Å². The van der Waals surface area contributed by atoms with Gasteiger partial charge in [-0.15, -0.1) is 0 Å². The van der Waals surface area contributed by atoms with Gasteiger partial charge < -0.3 is 14.9 Å². The number of nitrogens with zero attached hydrogens (tertiary/aromatic N) is 1. The number of aliphatic hydroxyl groups is 2.